The van der Waals surface area contributed by atoms with Crippen molar-refractivity contribution < 1.29 is 13.2 Å². The maximum Gasteiger partial charge on any atom is 0.257 e. The first-order valence-electron chi connectivity index (χ1n) is 6.95. The fourth-order valence-corrected chi connectivity index (χ4v) is 3.74. The molecule has 9 heteroatoms. The molecule has 124 valence electrons. The van der Waals surface area contributed by atoms with Gasteiger partial charge in [0.25, 0.3) is 10.0 Å². The maximum atomic E-state index is 12.3. The first-order chi connectivity index (χ1) is 11.4. The molecule has 1 heterocycles. The van der Waals surface area contributed by atoms with Gasteiger partial charge in [-0.3, -0.25) is 10.2 Å². The molecule has 3 N–H and O–H groups in total. The molecule has 1 aromatic heterocycles. The lowest BCUT2D eigenvalue weighted by Crippen LogP contribution is -2.29. The number of hydrazine groups is 1. The normalized spacial score (nSPS) is 11.4. The summed E-state index contributed by atoms with van der Waals surface area (Å²) in [5.74, 6) is -0.221. The van der Waals surface area contributed by atoms with Crippen molar-refractivity contribution in [2.24, 2.45) is 0 Å². The molecule has 0 aliphatic heterocycles. The number of rotatable bonds is 5. The van der Waals surface area contributed by atoms with Gasteiger partial charge in [0, 0.05) is 12.6 Å². The van der Waals surface area contributed by atoms with Crippen LogP contribution in [0.1, 0.15) is 6.92 Å². The molecule has 3 rings (SSSR count). The zero-order valence-electron chi connectivity index (χ0n) is 12.6. The fraction of sp³-hybridized carbons (Fsp3) is 0.0667. The molecule has 0 saturated heterocycles. The molecule has 0 unspecified atom stereocenters. The second kappa shape index (κ2) is 6.56. The van der Waals surface area contributed by atoms with Crippen molar-refractivity contribution in [2.75, 3.05) is 10.7 Å². The van der Waals surface area contributed by atoms with Gasteiger partial charge in [-0.25, -0.2) is 13.4 Å². The van der Waals surface area contributed by atoms with Crippen LogP contribution < -0.4 is 15.6 Å². The second-order valence-corrected chi connectivity index (χ2v) is 7.64. The van der Waals surface area contributed by atoms with Crippen molar-refractivity contribution in [3.63, 3.8) is 0 Å². The predicted octanol–water partition coefficient (Wildman–Crippen LogP) is 2.56. The summed E-state index contributed by atoms with van der Waals surface area (Å²) in [6.07, 6.45) is 0. The number of fused-ring (bicyclic) bond motifs is 1. The highest BCUT2D eigenvalue weighted by molar-refractivity contribution is 7.89. The lowest BCUT2D eigenvalue weighted by Gasteiger charge is -2.08. The summed E-state index contributed by atoms with van der Waals surface area (Å²) < 4.78 is 25.5. The summed E-state index contributed by atoms with van der Waals surface area (Å²) in [4.78, 5) is 17.6. The van der Waals surface area contributed by atoms with Crippen molar-refractivity contribution in [2.45, 2.75) is 11.8 Å². The molecule has 0 aliphatic rings. The zero-order chi connectivity index (χ0) is 17.2. The van der Waals surface area contributed by atoms with Crippen LogP contribution in [-0.4, -0.2) is 19.3 Å². The summed E-state index contributed by atoms with van der Waals surface area (Å²) in [6, 6.07) is 13.4. The van der Waals surface area contributed by atoms with Crippen molar-refractivity contribution in [3.05, 3.63) is 48.5 Å². The van der Waals surface area contributed by atoms with E-state index in [4.69, 9.17) is 0 Å². The Bertz CT molecular complexity index is 948. The molecule has 0 radical (unpaired) electrons. The van der Waals surface area contributed by atoms with Gasteiger partial charge in [-0.1, -0.05) is 23.5 Å². The van der Waals surface area contributed by atoms with Gasteiger partial charge < -0.3 is 5.32 Å². The third-order valence-corrected chi connectivity index (χ3v) is 5.29. The standard InChI is InChI=1S/C15H14N4O3S2/c1-10(20)16-11-6-8-12(9-7-11)24(21,22)19-18-15-17-13-4-2-3-5-14(13)23-15/h2-9,19H,1H3,(H,16,20)(H,17,18). The molecule has 0 fully saturated rings. The number of hydrogen-bond donors (Lipinski definition) is 3. The van der Waals surface area contributed by atoms with Crippen LogP contribution in [0.5, 0.6) is 0 Å². The first-order valence-corrected chi connectivity index (χ1v) is 9.25. The molecule has 24 heavy (non-hydrogen) atoms. The van der Waals surface area contributed by atoms with Gasteiger partial charge in [-0.2, -0.15) is 0 Å². The van der Waals surface area contributed by atoms with Crippen LogP contribution in [0.15, 0.2) is 53.4 Å². The third-order valence-electron chi connectivity index (χ3n) is 3.07. The van der Waals surface area contributed by atoms with E-state index in [1.54, 1.807) is 0 Å². The number of nitrogens with zero attached hydrogens (tertiary/aromatic N) is 1. The number of anilines is 2. The second-order valence-electron chi connectivity index (χ2n) is 4.92. The van der Waals surface area contributed by atoms with Crippen LogP contribution in [-0.2, 0) is 14.8 Å². The Morgan fingerprint density at radius 1 is 1.08 bits per heavy atom. The lowest BCUT2D eigenvalue weighted by atomic mass is 10.3. The van der Waals surface area contributed by atoms with Crippen LogP contribution in [0.4, 0.5) is 10.8 Å². The zero-order valence-corrected chi connectivity index (χ0v) is 14.2. The highest BCUT2D eigenvalue weighted by Gasteiger charge is 2.14. The molecular weight excluding hydrogens is 348 g/mol. The van der Waals surface area contributed by atoms with E-state index in [2.05, 4.69) is 20.6 Å². The van der Waals surface area contributed by atoms with Crippen molar-refractivity contribution in [3.8, 4) is 0 Å². The highest BCUT2D eigenvalue weighted by Crippen LogP contribution is 2.25. The average Bonchev–Trinajstić information content (AvgIpc) is 2.96. The number of carbonyl (C=O) groups excluding carboxylic acids is 1. The predicted molar refractivity (Wildman–Crippen MR) is 94.3 cm³/mol. The SMILES string of the molecule is CC(=O)Nc1ccc(S(=O)(=O)NNc2nc3ccccc3s2)cc1. The number of para-hydroxylation sites is 1. The summed E-state index contributed by atoms with van der Waals surface area (Å²) in [5.41, 5.74) is 3.94. The van der Waals surface area contributed by atoms with E-state index in [9.17, 15) is 13.2 Å². The number of benzene rings is 2. The number of aromatic nitrogens is 1. The Kier molecular flexibility index (Phi) is 4.47. The average molecular weight is 362 g/mol. The topological polar surface area (TPSA) is 100 Å². The van der Waals surface area contributed by atoms with E-state index in [0.29, 0.717) is 10.8 Å². The summed E-state index contributed by atoms with van der Waals surface area (Å²) in [6.45, 7) is 1.38. The van der Waals surface area contributed by atoms with Gasteiger partial charge >= 0.3 is 0 Å². The molecule has 0 spiro atoms. The van der Waals surface area contributed by atoms with E-state index >= 15 is 0 Å². The Labute approximate surface area is 142 Å². The number of hydrogen-bond acceptors (Lipinski definition) is 6. The van der Waals surface area contributed by atoms with Gasteiger partial charge in [-0.05, 0) is 36.4 Å². The number of carbonyl (C=O) groups is 1. The van der Waals surface area contributed by atoms with E-state index < -0.39 is 10.0 Å². The molecule has 2 aromatic carbocycles. The number of amides is 1. The van der Waals surface area contributed by atoms with Crippen LogP contribution in [0.25, 0.3) is 10.2 Å². The minimum absolute atomic E-state index is 0.0743. The summed E-state index contributed by atoms with van der Waals surface area (Å²) in [5, 5.41) is 3.03. The third kappa shape index (κ3) is 3.70. The smallest absolute Gasteiger partial charge is 0.257 e. The molecule has 1 amide bonds. The van der Waals surface area contributed by atoms with E-state index in [1.165, 1.54) is 42.5 Å². The van der Waals surface area contributed by atoms with Crippen molar-refractivity contribution in [1.29, 1.82) is 0 Å². The molecule has 0 bridgehead atoms. The molecular formula is C15H14N4O3S2. The minimum Gasteiger partial charge on any atom is -0.326 e. The number of nitrogens with one attached hydrogen (secondary N) is 3. The highest BCUT2D eigenvalue weighted by atomic mass is 32.2. The van der Waals surface area contributed by atoms with Crippen LogP contribution in [0.3, 0.4) is 0 Å². The van der Waals surface area contributed by atoms with Crippen molar-refractivity contribution in [1.82, 2.24) is 9.82 Å². The Morgan fingerprint density at radius 2 is 1.79 bits per heavy atom. The first kappa shape index (κ1) is 16.4. The van der Waals surface area contributed by atoms with E-state index in [0.717, 1.165) is 10.2 Å². The van der Waals surface area contributed by atoms with Gasteiger partial charge in [0.2, 0.25) is 5.91 Å². The molecule has 0 aliphatic carbocycles. The lowest BCUT2D eigenvalue weighted by molar-refractivity contribution is -0.114. The Morgan fingerprint density at radius 3 is 2.46 bits per heavy atom. The van der Waals surface area contributed by atoms with E-state index in [-0.39, 0.29) is 10.8 Å². The largest absolute Gasteiger partial charge is 0.326 e. The van der Waals surface area contributed by atoms with Crippen LogP contribution in [0, 0.1) is 0 Å². The van der Waals surface area contributed by atoms with Crippen LogP contribution in [0.2, 0.25) is 0 Å². The molecule has 7 nitrogen and oxygen atoms in total. The van der Waals surface area contributed by atoms with E-state index in [1.807, 2.05) is 24.3 Å². The van der Waals surface area contributed by atoms with Gasteiger partial charge in [-0.15, -0.1) is 4.83 Å². The fourth-order valence-electron chi connectivity index (χ4n) is 2.02. The van der Waals surface area contributed by atoms with Gasteiger partial charge in [0.15, 0.2) is 5.13 Å². The molecule has 0 saturated carbocycles. The number of sulfonamides is 1. The maximum absolute atomic E-state index is 12.3. The molecule has 3 aromatic rings. The summed E-state index contributed by atoms with van der Waals surface area (Å²) >= 11 is 1.35. The van der Waals surface area contributed by atoms with Gasteiger partial charge in [0.05, 0.1) is 15.1 Å². The quantitative estimate of drug-likeness (QED) is 0.606. The minimum atomic E-state index is -3.75. The number of thiazole rings is 1. The Balaban J connectivity index is 1.72. The molecule has 0 atom stereocenters. The Hall–Kier alpha value is -2.49. The monoisotopic (exact) mass is 362 g/mol. The summed E-state index contributed by atoms with van der Waals surface area (Å²) in [7, 11) is -3.75. The van der Waals surface area contributed by atoms with Crippen molar-refractivity contribution >= 4 is 48.3 Å². The van der Waals surface area contributed by atoms with Crippen LogP contribution >= 0.6 is 11.3 Å². The van der Waals surface area contributed by atoms with Gasteiger partial charge in [0.1, 0.15) is 0 Å².